The van der Waals surface area contributed by atoms with Gasteiger partial charge in [0.2, 0.25) is 0 Å². The van der Waals surface area contributed by atoms with Crippen molar-refractivity contribution < 1.29 is 9.90 Å². The Morgan fingerprint density at radius 3 is 2.53 bits per heavy atom. The Hall–Kier alpha value is -1.65. The minimum absolute atomic E-state index is 0.0635. The summed E-state index contributed by atoms with van der Waals surface area (Å²) in [6.07, 6.45) is 0.894. The number of carbonyl (C=O) groups is 1. The summed E-state index contributed by atoms with van der Waals surface area (Å²) in [5, 5.41) is 12.2. The lowest BCUT2D eigenvalue weighted by Crippen LogP contribution is -2.36. The summed E-state index contributed by atoms with van der Waals surface area (Å²) in [6.45, 7) is 9.92. The van der Waals surface area contributed by atoms with Crippen LogP contribution in [-0.4, -0.2) is 27.1 Å². The molecule has 2 N–H and O–H groups in total. The van der Waals surface area contributed by atoms with E-state index in [0.717, 1.165) is 12.1 Å². The summed E-state index contributed by atoms with van der Waals surface area (Å²) in [5.41, 5.74) is 0.793. The quantitative estimate of drug-likeness (QED) is 0.856. The number of hydrogen-bond donors (Lipinski definition) is 2. The van der Waals surface area contributed by atoms with Crippen LogP contribution >= 0.6 is 0 Å². The fourth-order valence-corrected chi connectivity index (χ4v) is 1.81. The number of anilines is 1. The minimum Gasteiger partial charge on any atom is -0.481 e. The Labute approximate surface area is 114 Å². The molecule has 0 aliphatic carbocycles. The van der Waals surface area contributed by atoms with Gasteiger partial charge in [0, 0.05) is 17.8 Å². The number of rotatable bonds is 5. The van der Waals surface area contributed by atoms with Gasteiger partial charge in [-0.2, -0.15) is 0 Å². The molecule has 19 heavy (non-hydrogen) atoms. The van der Waals surface area contributed by atoms with Crippen molar-refractivity contribution in [2.75, 3.05) is 5.32 Å². The van der Waals surface area contributed by atoms with Crippen LogP contribution in [0.1, 0.15) is 45.6 Å². The molecule has 1 aromatic heterocycles. The van der Waals surface area contributed by atoms with E-state index in [0.29, 0.717) is 11.6 Å². The molecule has 1 atom stereocenters. The molecule has 0 fully saturated rings. The highest BCUT2D eigenvalue weighted by Crippen LogP contribution is 2.25. The fraction of sp³-hybridized carbons (Fsp3) is 0.643. The van der Waals surface area contributed by atoms with Crippen molar-refractivity contribution in [3.05, 3.63) is 17.6 Å². The molecule has 0 aliphatic rings. The van der Waals surface area contributed by atoms with Crippen LogP contribution in [0.4, 0.5) is 5.82 Å². The van der Waals surface area contributed by atoms with Gasteiger partial charge in [-0.1, -0.05) is 27.7 Å². The Kier molecular flexibility index (Phi) is 4.86. The van der Waals surface area contributed by atoms with Gasteiger partial charge < -0.3 is 10.4 Å². The monoisotopic (exact) mass is 265 g/mol. The lowest BCUT2D eigenvalue weighted by molar-refractivity contribution is -0.137. The van der Waals surface area contributed by atoms with E-state index in [1.165, 1.54) is 0 Å². The predicted octanol–water partition coefficient (Wildman–Crippen LogP) is 2.65. The van der Waals surface area contributed by atoms with Crippen LogP contribution < -0.4 is 5.32 Å². The molecule has 1 heterocycles. The highest BCUT2D eigenvalue weighted by atomic mass is 16.4. The Bertz CT molecular complexity index is 452. The highest BCUT2D eigenvalue weighted by molar-refractivity contribution is 5.68. The SMILES string of the molecule is CCc1cc(NC(CC(=O)O)C(C)(C)C)nc(C)n1. The second kappa shape index (κ2) is 5.99. The van der Waals surface area contributed by atoms with Crippen LogP contribution in [0.15, 0.2) is 6.07 Å². The first kappa shape index (κ1) is 15.4. The van der Waals surface area contributed by atoms with Gasteiger partial charge in [0.15, 0.2) is 0 Å². The Balaban J connectivity index is 2.96. The summed E-state index contributed by atoms with van der Waals surface area (Å²) < 4.78 is 0. The first-order valence-electron chi connectivity index (χ1n) is 6.55. The van der Waals surface area contributed by atoms with Crippen LogP contribution in [-0.2, 0) is 11.2 Å². The fourth-order valence-electron chi connectivity index (χ4n) is 1.81. The average molecular weight is 265 g/mol. The lowest BCUT2D eigenvalue weighted by Gasteiger charge is -2.30. The van der Waals surface area contributed by atoms with E-state index >= 15 is 0 Å². The zero-order valence-electron chi connectivity index (χ0n) is 12.3. The van der Waals surface area contributed by atoms with Crippen molar-refractivity contribution in [1.82, 2.24) is 9.97 Å². The van der Waals surface area contributed by atoms with E-state index < -0.39 is 5.97 Å². The molecule has 0 saturated carbocycles. The molecule has 0 aromatic carbocycles. The molecular formula is C14H23N3O2. The van der Waals surface area contributed by atoms with Crippen molar-refractivity contribution in [2.24, 2.45) is 5.41 Å². The summed E-state index contributed by atoms with van der Waals surface area (Å²) in [6, 6.07) is 1.71. The number of aromatic nitrogens is 2. The molecule has 0 aliphatic heterocycles. The van der Waals surface area contributed by atoms with E-state index in [2.05, 4.69) is 15.3 Å². The van der Waals surface area contributed by atoms with Crippen molar-refractivity contribution in [3.8, 4) is 0 Å². The number of nitrogens with zero attached hydrogens (tertiary/aromatic N) is 2. The number of aliphatic carboxylic acids is 1. The average Bonchev–Trinajstić information content (AvgIpc) is 2.25. The Morgan fingerprint density at radius 1 is 1.42 bits per heavy atom. The van der Waals surface area contributed by atoms with Gasteiger partial charge in [-0.3, -0.25) is 4.79 Å². The number of nitrogens with one attached hydrogen (secondary N) is 1. The maximum absolute atomic E-state index is 11.0. The van der Waals surface area contributed by atoms with Crippen molar-refractivity contribution >= 4 is 11.8 Å². The van der Waals surface area contributed by atoms with Crippen LogP contribution in [0.25, 0.3) is 0 Å². The van der Waals surface area contributed by atoms with E-state index in [1.54, 1.807) is 0 Å². The third-order valence-corrected chi connectivity index (χ3v) is 3.00. The van der Waals surface area contributed by atoms with Gasteiger partial charge in [0.1, 0.15) is 11.6 Å². The van der Waals surface area contributed by atoms with Crippen molar-refractivity contribution in [2.45, 2.75) is 53.5 Å². The number of aryl methyl sites for hydroxylation is 2. The highest BCUT2D eigenvalue weighted by Gasteiger charge is 2.27. The van der Waals surface area contributed by atoms with Crippen LogP contribution in [0.2, 0.25) is 0 Å². The van der Waals surface area contributed by atoms with E-state index in [4.69, 9.17) is 5.11 Å². The lowest BCUT2D eigenvalue weighted by atomic mass is 9.85. The maximum Gasteiger partial charge on any atom is 0.305 e. The number of hydrogen-bond acceptors (Lipinski definition) is 4. The predicted molar refractivity (Wildman–Crippen MR) is 75.3 cm³/mol. The van der Waals surface area contributed by atoms with Crippen molar-refractivity contribution in [1.29, 1.82) is 0 Å². The van der Waals surface area contributed by atoms with Crippen LogP contribution in [0.3, 0.4) is 0 Å². The van der Waals surface area contributed by atoms with Gasteiger partial charge in [0.05, 0.1) is 6.42 Å². The van der Waals surface area contributed by atoms with Gasteiger partial charge in [-0.15, -0.1) is 0 Å². The third kappa shape index (κ3) is 4.85. The molecule has 5 nitrogen and oxygen atoms in total. The molecule has 0 saturated heterocycles. The normalized spacial score (nSPS) is 13.1. The molecule has 0 spiro atoms. The summed E-state index contributed by atoms with van der Waals surface area (Å²) in [4.78, 5) is 19.6. The molecule has 0 bridgehead atoms. The van der Waals surface area contributed by atoms with Gasteiger partial charge in [0.25, 0.3) is 0 Å². The summed E-state index contributed by atoms with van der Waals surface area (Å²) in [7, 11) is 0. The van der Waals surface area contributed by atoms with E-state index in [9.17, 15) is 4.79 Å². The standard InChI is InChI=1S/C14H23N3O2/c1-6-10-7-12(16-9(2)15-10)17-11(8-13(18)19)14(3,4)5/h7,11H,6,8H2,1-5H3,(H,18,19)(H,15,16,17). The first-order valence-corrected chi connectivity index (χ1v) is 6.55. The zero-order valence-corrected chi connectivity index (χ0v) is 12.3. The minimum atomic E-state index is -0.811. The zero-order chi connectivity index (χ0) is 14.6. The maximum atomic E-state index is 11.0. The molecule has 1 aromatic rings. The Morgan fingerprint density at radius 2 is 2.05 bits per heavy atom. The van der Waals surface area contributed by atoms with Gasteiger partial charge in [-0.05, 0) is 18.8 Å². The van der Waals surface area contributed by atoms with Crippen molar-refractivity contribution in [3.63, 3.8) is 0 Å². The van der Waals surface area contributed by atoms with E-state index in [1.807, 2.05) is 40.7 Å². The summed E-state index contributed by atoms with van der Waals surface area (Å²) >= 11 is 0. The van der Waals surface area contributed by atoms with E-state index in [-0.39, 0.29) is 17.9 Å². The second-order valence-electron chi connectivity index (χ2n) is 5.81. The summed E-state index contributed by atoms with van der Waals surface area (Å²) in [5.74, 6) is 0.587. The van der Waals surface area contributed by atoms with Crippen LogP contribution in [0, 0.1) is 12.3 Å². The van der Waals surface area contributed by atoms with Crippen LogP contribution in [0.5, 0.6) is 0 Å². The molecule has 5 heteroatoms. The molecular weight excluding hydrogens is 242 g/mol. The smallest absolute Gasteiger partial charge is 0.305 e. The molecule has 1 rings (SSSR count). The first-order chi connectivity index (χ1) is 8.72. The molecule has 0 radical (unpaired) electrons. The topological polar surface area (TPSA) is 75.1 Å². The molecule has 0 amide bonds. The third-order valence-electron chi connectivity index (χ3n) is 3.00. The molecule has 1 unspecified atom stereocenters. The number of carboxylic acids is 1. The van der Waals surface area contributed by atoms with Gasteiger partial charge in [-0.25, -0.2) is 9.97 Å². The number of carboxylic acid groups (broad SMARTS) is 1. The van der Waals surface area contributed by atoms with Gasteiger partial charge >= 0.3 is 5.97 Å². The largest absolute Gasteiger partial charge is 0.481 e. The second-order valence-corrected chi connectivity index (χ2v) is 5.81. The molecule has 106 valence electrons.